The Labute approximate surface area is 177 Å². The number of nitrogens with one attached hydrogen (secondary N) is 1. The van der Waals surface area contributed by atoms with Gasteiger partial charge in [0.2, 0.25) is 5.95 Å². The predicted molar refractivity (Wildman–Crippen MR) is 112 cm³/mol. The highest BCUT2D eigenvalue weighted by molar-refractivity contribution is 7.90. The molecule has 2 aromatic heterocycles. The molecule has 0 unspecified atom stereocenters. The molecule has 2 aromatic carbocycles. The topological polar surface area (TPSA) is 98.5 Å². The van der Waals surface area contributed by atoms with Crippen molar-refractivity contribution >= 4 is 21.4 Å². The van der Waals surface area contributed by atoms with Crippen molar-refractivity contribution in [3.05, 3.63) is 65.9 Å². The molecule has 0 radical (unpaired) electrons. The van der Waals surface area contributed by atoms with E-state index >= 15 is 0 Å². The van der Waals surface area contributed by atoms with E-state index in [1.807, 2.05) is 18.2 Å². The molecule has 1 aliphatic heterocycles. The highest BCUT2D eigenvalue weighted by Gasteiger charge is 2.18. The Morgan fingerprint density at radius 1 is 1.23 bits per heavy atom. The van der Waals surface area contributed by atoms with Gasteiger partial charge in [0.05, 0.1) is 11.5 Å². The van der Waals surface area contributed by atoms with Gasteiger partial charge in [0, 0.05) is 42.1 Å². The normalized spacial score (nSPS) is 13.2. The molecular formula is C21H18FN5O3S. The molecule has 0 atom stereocenters. The molecule has 1 aliphatic rings. The van der Waals surface area contributed by atoms with E-state index in [2.05, 4.69) is 20.5 Å². The number of fused-ring (bicyclic) bond motifs is 2. The zero-order chi connectivity index (χ0) is 21.6. The van der Waals surface area contributed by atoms with Gasteiger partial charge in [0.1, 0.15) is 17.9 Å². The Morgan fingerprint density at radius 2 is 2.10 bits per heavy atom. The van der Waals surface area contributed by atoms with E-state index < -0.39 is 15.7 Å². The minimum Gasteiger partial charge on any atom is -0.493 e. The molecular weight excluding hydrogens is 421 g/mol. The summed E-state index contributed by atoms with van der Waals surface area (Å²) in [5.74, 6) is 0.744. The number of anilines is 1. The van der Waals surface area contributed by atoms with E-state index in [0.29, 0.717) is 30.3 Å². The summed E-state index contributed by atoms with van der Waals surface area (Å²) in [4.78, 5) is 4.35. The van der Waals surface area contributed by atoms with Gasteiger partial charge in [0.25, 0.3) is 0 Å². The molecule has 0 bridgehead atoms. The van der Waals surface area contributed by atoms with Crippen LogP contribution in [0.3, 0.4) is 0 Å². The van der Waals surface area contributed by atoms with Gasteiger partial charge in [-0.2, -0.15) is 0 Å². The standard InChI is InChI=1S/C21H18FN5O3S/c1-31(28,29)14-5-6-16(18(22)9-14)17-11-24-21(27-12-25-26-20(17)27)23-10-13-3-2-4-19-15(13)7-8-30-19/h2-6,9,11-12H,7-8,10H2,1H3,(H,23,24). The Kier molecular flexibility index (Phi) is 4.58. The fraction of sp³-hybridized carbons (Fsp3) is 0.190. The number of ether oxygens (including phenoxy) is 1. The fourth-order valence-corrected chi connectivity index (χ4v) is 4.35. The quantitative estimate of drug-likeness (QED) is 0.511. The second kappa shape index (κ2) is 7.31. The molecule has 1 N–H and O–H groups in total. The van der Waals surface area contributed by atoms with Gasteiger partial charge in [0.15, 0.2) is 15.5 Å². The van der Waals surface area contributed by atoms with E-state index in [1.54, 1.807) is 4.40 Å². The second-order valence-corrected chi connectivity index (χ2v) is 9.30. The maximum absolute atomic E-state index is 14.7. The van der Waals surface area contributed by atoms with Crippen molar-refractivity contribution in [1.82, 2.24) is 19.6 Å². The first-order valence-corrected chi connectivity index (χ1v) is 11.5. The molecule has 0 fully saturated rings. The second-order valence-electron chi connectivity index (χ2n) is 7.28. The van der Waals surface area contributed by atoms with Crippen LogP contribution in [0, 0.1) is 5.82 Å². The van der Waals surface area contributed by atoms with Crippen LogP contribution in [0.1, 0.15) is 11.1 Å². The molecule has 0 aliphatic carbocycles. The first-order chi connectivity index (χ1) is 14.9. The third kappa shape index (κ3) is 3.48. The summed E-state index contributed by atoms with van der Waals surface area (Å²) < 4.78 is 45.3. The average molecular weight is 439 g/mol. The van der Waals surface area contributed by atoms with Crippen LogP contribution in [0.5, 0.6) is 5.75 Å². The van der Waals surface area contributed by atoms with E-state index in [-0.39, 0.29) is 10.5 Å². The molecule has 8 nitrogen and oxygen atoms in total. The number of sulfone groups is 1. The lowest BCUT2D eigenvalue weighted by Crippen LogP contribution is -2.08. The Bertz CT molecular complexity index is 1420. The molecule has 3 heterocycles. The lowest BCUT2D eigenvalue weighted by atomic mass is 10.1. The van der Waals surface area contributed by atoms with Crippen molar-refractivity contribution in [3.63, 3.8) is 0 Å². The van der Waals surface area contributed by atoms with Gasteiger partial charge in [-0.25, -0.2) is 17.8 Å². The lowest BCUT2D eigenvalue weighted by Gasteiger charge is -2.12. The van der Waals surface area contributed by atoms with Gasteiger partial charge in [-0.1, -0.05) is 12.1 Å². The molecule has 0 spiro atoms. The molecule has 0 amide bonds. The summed E-state index contributed by atoms with van der Waals surface area (Å²) in [5, 5.41) is 11.3. The van der Waals surface area contributed by atoms with Crippen LogP contribution in [-0.2, 0) is 22.8 Å². The Hall–Kier alpha value is -3.53. The maximum atomic E-state index is 14.7. The summed E-state index contributed by atoms with van der Waals surface area (Å²) >= 11 is 0. The average Bonchev–Trinajstić information content (AvgIpc) is 3.41. The highest BCUT2D eigenvalue weighted by Crippen LogP contribution is 2.30. The monoisotopic (exact) mass is 439 g/mol. The minimum absolute atomic E-state index is 0.0862. The highest BCUT2D eigenvalue weighted by atomic mass is 32.2. The summed E-state index contributed by atoms with van der Waals surface area (Å²) in [6.45, 7) is 1.21. The van der Waals surface area contributed by atoms with Gasteiger partial charge >= 0.3 is 0 Å². The number of rotatable bonds is 5. The molecule has 10 heteroatoms. The van der Waals surface area contributed by atoms with E-state index in [4.69, 9.17) is 4.74 Å². The van der Waals surface area contributed by atoms with Crippen LogP contribution >= 0.6 is 0 Å². The zero-order valence-corrected chi connectivity index (χ0v) is 17.4. The predicted octanol–water partition coefficient (Wildman–Crippen LogP) is 2.88. The number of hydrogen-bond acceptors (Lipinski definition) is 7. The van der Waals surface area contributed by atoms with Gasteiger partial charge in [-0.15, -0.1) is 10.2 Å². The SMILES string of the molecule is CS(=O)(=O)c1ccc(-c2cnc(NCc3cccc4c3CCO4)n3cnnc23)c(F)c1. The van der Waals surface area contributed by atoms with Crippen molar-refractivity contribution in [1.29, 1.82) is 0 Å². The molecule has 0 saturated carbocycles. The van der Waals surface area contributed by atoms with Crippen molar-refractivity contribution in [2.75, 3.05) is 18.2 Å². The largest absolute Gasteiger partial charge is 0.493 e. The van der Waals surface area contributed by atoms with E-state index in [9.17, 15) is 12.8 Å². The smallest absolute Gasteiger partial charge is 0.210 e. The summed E-state index contributed by atoms with van der Waals surface area (Å²) in [7, 11) is -3.51. The number of benzene rings is 2. The van der Waals surface area contributed by atoms with Crippen LogP contribution < -0.4 is 10.1 Å². The summed E-state index contributed by atoms with van der Waals surface area (Å²) in [6.07, 6.45) is 4.90. The molecule has 0 saturated heterocycles. The van der Waals surface area contributed by atoms with E-state index in [1.165, 1.54) is 30.2 Å². The van der Waals surface area contributed by atoms with Gasteiger partial charge in [-0.05, 0) is 29.8 Å². The maximum Gasteiger partial charge on any atom is 0.210 e. The molecule has 158 valence electrons. The molecule has 5 rings (SSSR count). The van der Waals surface area contributed by atoms with Crippen LogP contribution in [0.4, 0.5) is 10.3 Å². The van der Waals surface area contributed by atoms with Crippen molar-refractivity contribution < 1.29 is 17.5 Å². The van der Waals surface area contributed by atoms with Crippen LogP contribution in [0.2, 0.25) is 0 Å². The lowest BCUT2D eigenvalue weighted by molar-refractivity contribution is 0.357. The number of halogens is 1. The van der Waals surface area contributed by atoms with Gasteiger partial charge < -0.3 is 10.1 Å². The third-order valence-electron chi connectivity index (χ3n) is 5.27. The van der Waals surface area contributed by atoms with E-state index in [0.717, 1.165) is 30.1 Å². The first-order valence-electron chi connectivity index (χ1n) is 9.58. The van der Waals surface area contributed by atoms with Crippen molar-refractivity contribution in [2.45, 2.75) is 17.9 Å². The summed E-state index contributed by atoms with van der Waals surface area (Å²) in [5.41, 5.74) is 3.31. The first kappa shape index (κ1) is 19.4. The van der Waals surface area contributed by atoms with Crippen molar-refractivity contribution in [2.24, 2.45) is 0 Å². The van der Waals surface area contributed by atoms with Gasteiger partial charge in [-0.3, -0.25) is 4.40 Å². The van der Waals surface area contributed by atoms with Crippen molar-refractivity contribution in [3.8, 4) is 16.9 Å². The number of nitrogens with zero attached hydrogens (tertiary/aromatic N) is 4. The van der Waals surface area contributed by atoms with Crippen LogP contribution in [0.25, 0.3) is 16.8 Å². The Morgan fingerprint density at radius 3 is 2.90 bits per heavy atom. The number of hydrogen-bond donors (Lipinski definition) is 1. The fourth-order valence-electron chi connectivity index (χ4n) is 3.72. The molecule has 4 aromatic rings. The summed E-state index contributed by atoms with van der Waals surface area (Å²) in [6, 6.07) is 9.73. The molecule has 31 heavy (non-hydrogen) atoms. The number of aromatic nitrogens is 4. The Balaban J connectivity index is 1.49. The van der Waals surface area contributed by atoms with Crippen LogP contribution in [0.15, 0.2) is 53.8 Å². The zero-order valence-electron chi connectivity index (χ0n) is 16.5. The van der Waals surface area contributed by atoms with Crippen LogP contribution in [-0.4, -0.2) is 40.9 Å². The minimum atomic E-state index is -3.51. The third-order valence-corrected chi connectivity index (χ3v) is 6.38.